The van der Waals surface area contributed by atoms with Crippen molar-refractivity contribution in [2.24, 2.45) is 22.9 Å². The number of hydrogen-bond acceptors (Lipinski definition) is 3. The van der Waals surface area contributed by atoms with Gasteiger partial charge in [-0.25, -0.2) is 4.98 Å². The SMILES string of the molecule is Cc1cccn2c(N=O)c(C34CC5CC(CC(C5)C3)C4)nc12. The zero-order valence-electron chi connectivity index (χ0n) is 13.0. The third kappa shape index (κ3) is 1.56. The Labute approximate surface area is 129 Å². The number of rotatable bonds is 2. The summed E-state index contributed by atoms with van der Waals surface area (Å²) in [4.78, 5) is 16.5. The van der Waals surface area contributed by atoms with Crippen LogP contribution in [0.5, 0.6) is 0 Å². The molecule has 4 heteroatoms. The summed E-state index contributed by atoms with van der Waals surface area (Å²) in [5.74, 6) is 3.09. The Balaban J connectivity index is 1.73. The van der Waals surface area contributed by atoms with E-state index in [9.17, 15) is 4.91 Å². The van der Waals surface area contributed by atoms with E-state index in [2.05, 4.69) is 18.2 Å². The molecule has 0 spiro atoms. The van der Waals surface area contributed by atoms with Crippen molar-refractivity contribution in [1.82, 2.24) is 9.38 Å². The molecule has 2 aromatic heterocycles. The molecule has 2 aromatic rings. The molecular weight excluding hydrogens is 274 g/mol. The lowest BCUT2D eigenvalue weighted by atomic mass is 9.49. The molecule has 4 nitrogen and oxygen atoms in total. The second-order valence-corrected chi connectivity index (χ2v) is 7.96. The van der Waals surface area contributed by atoms with Crippen LogP contribution in [-0.2, 0) is 5.41 Å². The zero-order valence-corrected chi connectivity index (χ0v) is 13.0. The lowest BCUT2D eigenvalue weighted by Gasteiger charge is -2.56. The lowest BCUT2D eigenvalue weighted by Crippen LogP contribution is -2.48. The molecule has 0 aliphatic heterocycles. The molecule has 0 atom stereocenters. The van der Waals surface area contributed by atoms with E-state index in [-0.39, 0.29) is 5.41 Å². The van der Waals surface area contributed by atoms with Crippen LogP contribution >= 0.6 is 0 Å². The summed E-state index contributed by atoms with van der Waals surface area (Å²) in [6.45, 7) is 2.06. The molecule has 0 amide bonds. The van der Waals surface area contributed by atoms with Gasteiger partial charge in [0.05, 0.1) is 5.69 Å². The van der Waals surface area contributed by atoms with Crippen LogP contribution in [-0.4, -0.2) is 9.38 Å². The van der Waals surface area contributed by atoms with Crippen LogP contribution in [0.2, 0.25) is 0 Å². The molecule has 4 bridgehead atoms. The summed E-state index contributed by atoms with van der Waals surface area (Å²) in [5, 5.41) is 3.41. The standard InChI is InChI=1S/C18H21N3O/c1-11-3-2-4-21-16(11)19-15(17(21)20-22)18-8-12-5-13(9-18)7-14(6-12)10-18/h2-4,12-14H,5-10H2,1H3. The Hall–Kier alpha value is -1.71. The Kier molecular flexibility index (Phi) is 2.43. The third-order valence-electron chi connectivity index (χ3n) is 6.45. The Bertz CT molecular complexity index is 741. The van der Waals surface area contributed by atoms with Crippen LogP contribution in [0, 0.1) is 29.6 Å². The normalized spacial score (nSPS) is 36.1. The van der Waals surface area contributed by atoms with Crippen LogP contribution in [0.25, 0.3) is 5.65 Å². The van der Waals surface area contributed by atoms with Gasteiger partial charge < -0.3 is 0 Å². The van der Waals surface area contributed by atoms with Gasteiger partial charge in [-0.3, -0.25) is 4.40 Å². The maximum Gasteiger partial charge on any atom is 0.205 e. The highest BCUT2D eigenvalue weighted by atomic mass is 16.3. The maximum absolute atomic E-state index is 11.6. The van der Waals surface area contributed by atoms with E-state index in [0.29, 0.717) is 5.82 Å². The molecule has 4 aliphatic rings. The van der Waals surface area contributed by atoms with Crippen LogP contribution in [0.15, 0.2) is 23.5 Å². The van der Waals surface area contributed by atoms with Crippen LogP contribution in [0.4, 0.5) is 5.82 Å². The van der Waals surface area contributed by atoms with Crippen molar-refractivity contribution in [2.75, 3.05) is 0 Å². The number of pyridine rings is 1. The molecule has 114 valence electrons. The maximum atomic E-state index is 11.6. The van der Waals surface area contributed by atoms with Gasteiger partial charge in [0, 0.05) is 11.6 Å². The van der Waals surface area contributed by atoms with Crippen molar-refractivity contribution < 1.29 is 0 Å². The van der Waals surface area contributed by atoms with Gasteiger partial charge in [0.15, 0.2) is 0 Å². The number of nitrogens with zero attached hydrogens (tertiary/aromatic N) is 3. The Morgan fingerprint density at radius 2 is 1.82 bits per heavy atom. The summed E-state index contributed by atoms with van der Waals surface area (Å²) in [7, 11) is 0. The molecule has 0 N–H and O–H groups in total. The van der Waals surface area contributed by atoms with E-state index in [1.807, 2.05) is 16.7 Å². The van der Waals surface area contributed by atoms with Gasteiger partial charge in [-0.2, -0.15) is 0 Å². The van der Waals surface area contributed by atoms with E-state index >= 15 is 0 Å². The first kappa shape index (κ1) is 12.8. The van der Waals surface area contributed by atoms with E-state index in [1.54, 1.807) is 0 Å². The smallest absolute Gasteiger partial charge is 0.205 e. The molecular formula is C18H21N3O. The van der Waals surface area contributed by atoms with Gasteiger partial charge in [0.2, 0.25) is 5.82 Å². The zero-order chi connectivity index (χ0) is 14.9. The predicted octanol–water partition coefficient (Wildman–Crippen LogP) is 4.51. The number of fused-ring (bicyclic) bond motifs is 1. The second-order valence-electron chi connectivity index (χ2n) is 7.96. The Morgan fingerprint density at radius 1 is 1.18 bits per heavy atom. The fraction of sp³-hybridized carbons (Fsp3) is 0.611. The highest BCUT2D eigenvalue weighted by Crippen LogP contribution is 2.61. The van der Waals surface area contributed by atoms with Crippen LogP contribution in [0.1, 0.15) is 49.8 Å². The van der Waals surface area contributed by atoms with Crippen molar-refractivity contribution in [2.45, 2.75) is 50.9 Å². The first-order chi connectivity index (χ1) is 10.7. The minimum Gasteiger partial charge on any atom is -0.281 e. The molecule has 4 saturated carbocycles. The summed E-state index contributed by atoms with van der Waals surface area (Å²) >= 11 is 0. The highest BCUT2D eigenvalue weighted by Gasteiger charge is 2.53. The summed E-state index contributed by atoms with van der Waals surface area (Å²) in [6.07, 6.45) is 9.76. The second kappa shape index (κ2) is 4.18. The molecule has 6 rings (SSSR count). The lowest BCUT2D eigenvalue weighted by molar-refractivity contribution is -0.00666. The van der Waals surface area contributed by atoms with Crippen molar-refractivity contribution in [1.29, 1.82) is 0 Å². The van der Waals surface area contributed by atoms with Gasteiger partial charge in [-0.1, -0.05) is 6.07 Å². The van der Waals surface area contributed by atoms with Crippen LogP contribution in [0.3, 0.4) is 0 Å². The largest absolute Gasteiger partial charge is 0.281 e. The number of nitroso groups, excluding NO2 is 1. The van der Waals surface area contributed by atoms with E-state index < -0.39 is 0 Å². The molecule has 0 saturated heterocycles. The van der Waals surface area contributed by atoms with E-state index in [0.717, 1.165) is 34.7 Å². The molecule has 4 aliphatic carbocycles. The molecule has 22 heavy (non-hydrogen) atoms. The van der Waals surface area contributed by atoms with Crippen molar-refractivity contribution in [3.05, 3.63) is 34.5 Å². The summed E-state index contributed by atoms with van der Waals surface area (Å²) < 4.78 is 1.90. The molecule has 0 aromatic carbocycles. The van der Waals surface area contributed by atoms with Gasteiger partial charge in [0.1, 0.15) is 5.65 Å². The van der Waals surface area contributed by atoms with Gasteiger partial charge in [-0.05, 0) is 80.0 Å². The predicted molar refractivity (Wildman–Crippen MR) is 85.2 cm³/mol. The summed E-state index contributed by atoms with van der Waals surface area (Å²) in [5.41, 5.74) is 3.14. The van der Waals surface area contributed by atoms with Crippen molar-refractivity contribution in [3.63, 3.8) is 0 Å². The first-order valence-corrected chi connectivity index (χ1v) is 8.50. The average molecular weight is 295 g/mol. The highest BCUT2D eigenvalue weighted by molar-refractivity contribution is 5.58. The molecule has 2 heterocycles. The molecule has 0 radical (unpaired) electrons. The van der Waals surface area contributed by atoms with Gasteiger partial charge in [-0.15, -0.1) is 4.91 Å². The van der Waals surface area contributed by atoms with E-state index in [1.165, 1.54) is 38.5 Å². The minimum atomic E-state index is 0.121. The quantitative estimate of drug-likeness (QED) is 0.765. The van der Waals surface area contributed by atoms with Crippen molar-refractivity contribution >= 4 is 11.5 Å². The van der Waals surface area contributed by atoms with E-state index in [4.69, 9.17) is 4.98 Å². The van der Waals surface area contributed by atoms with Crippen molar-refractivity contribution in [3.8, 4) is 0 Å². The van der Waals surface area contributed by atoms with Gasteiger partial charge >= 0.3 is 0 Å². The number of aromatic nitrogens is 2. The fourth-order valence-electron chi connectivity index (χ4n) is 6.04. The number of imidazole rings is 1. The Morgan fingerprint density at radius 3 is 2.41 bits per heavy atom. The molecule has 4 fully saturated rings. The van der Waals surface area contributed by atoms with Gasteiger partial charge in [0.25, 0.3) is 0 Å². The first-order valence-electron chi connectivity index (χ1n) is 8.50. The van der Waals surface area contributed by atoms with Crippen LogP contribution < -0.4 is 0 Å². The average Bonchev–Trinajstić information content (AvgIpc) is 2.86. The number of hydrogen-bond donors (Lipinski definition) is 0. The fourth-order valence-corrected chi connectivity index (χ4v) is 6.04. The molecule has 0 unspecified atom stereocenters. The number of aryl methyl sites for hydroxylation is 1. The monoisotopic (exact) mass is 295 g/mol. The minimum absolute atomic E-state index is 0.121. The summed E-state index contributed by atoms with van der Waals surface area (Å²) in [6, 6.07) is 4.03. The third-order valence-corrected chi connectivity index (χ3v) is 6.45. The topological polar surface area (TPSA) is 46.7 Å².